The average Bonchev–Trinajstić information content (AvgIpc) is 2.55. The average molecular weight is 366 g/mol. The molecule has 2 aromatic carbocycles. The van der Waals surface area contributed by atoms with Crippen molar-refractivity contribution in [3.05, 3.63) is 69.7 Å². The molecule has 5 heteroatoms. The number of aliphatic hydroxyl groups is 1. The first-order valence-corrected chi connectivity index (χ1v) is 8.66. The molecule has 2 aromatic rings. The largest absolute Gasteiger partial charge is 0.380 e. The number of carbonyl (C=O) groups excluding carboxylic acids is 1. The molecule has 0 saturated heterocycles. The van der Waals surface area contributed by atoms with E-state index in [0.29, 0.717) is 27.6 Å². The molecular weight excluding hydrogens is 345 g/mol. The van der Waals surface area contributed by atoms with Gasteiger partial charge in [0.2, 0.25) is 5.91 Å². The zero-order valence-corrected chi connectivity index (χ0v) is 15.0. The lowest BCUT2D eigenvalue weighted by Crippen LogP contribution is -2.35. The van der Waals surface area contributed by atoms with Crippen LogP contribution in [0.3, 0.4) is 0 Å². The molecule has 3 nitrogen and oxygen atoms in total. The molecule has 0 spiro atoms. The first kappa shape index (κ1) is 18.8. The lowest BCUT2D eigenvalue weighted by molar-refractivity contribution is -0.124. The number of amides is 1. The van der Waals surface area contributed by atoms with Crippen LogP contribution < -0.4 is 5.73 Å². The maximum Gasteiger partial charge on any atom is 0.220 e. The molecular formula is C19H21Cl2NO2. The van der Waals surface area contributed by atoms with Gasteiger partial charge in [-0.05, 0) is 48.2 Å². The monoisotopic (exact) mass is 365 g/mol. The summed E-state index contributed by atoms with van der Waals surface area (Å²) < 4.78 is 0. The summed E-state index contributed by atoms with van der Waals surface area (Å²) >= 11 is 11.9. The molecule has 0 aliphatic heterocycles. The highest BCUT2D eigenvalue weighted by atomic mass is 35.5. The van der Waals surface area contributed by atoms with E-state index in [-0.39, 0.29) is 6.42 Å². The van der Waals surface area contributed by atoms with Crippen LogP contribution in [0.15, 0.2) is 48.5 Å². The summed E-state index contributed by atoms with van der Waals surface area (Å²) in [5.74, 6) is -0.829. The minimum Gasteiger partial charge on any atom is -0.380 e. The molecule has 128 valence electrons. The predicted molar refractivity (Wildman–Crippen MR) is 98.1 cm³/mol. The molecule has 0 aliphatic carbocycles. The third kappa shape index (κ3) is 4.29. The van der Waals surface area contributed by atoms with Gasteiger partial charge in [-0.3, -0.25) is 4.79 Å². The van der Waals surface area contributed by atoms with E-state index in [4.69, 9.17) is 28.9 Å². The number of hydrogen-bond donors (Lipinski definition) is 2. The van der Waals surface area contributed by atoms with E-state index < -0.39 is 17.4 Å². The van der Waals surface area contributed by atoms with Crippen LogP contribution >= 0.6 is 23.2 Å². The fourth-order valence-electron chi connectivity index (χ4n) is 2.90. The Balaban J connectivity index is 2.49. The first-order chi connectivity index (χ1) is 11.4. The van der Waals surface area contributed by atoms with Crippen LogP contribution in [-0.4, -0.2) is 11.0 Å². The smallest absolute Gasteiger partial charge is 0.220 e. The van der Waals surface area contributed by atoms with Gasteiger partial charge in [-0.25, -0.2) is 0 Å². The van der Waals surface area contributed by atoms with E-state index in [2.05, 4.69) is 0 Å². The summed E-state index contributed by atoms with van der Waals surface area (Å²) in [5, 5.41) is 12.6. The molecule has 2 rings (SSSR count). The van der Waals surface area contributed by atoms with Gasteiger partial charge in [0.25, 0.3) is 0 Å². The SMILES string of the molecule is CCCC(CC(O)(c1ccc(Cl)cc1)c1ccc(Cl)cc1)C(N)=O. The van der Waals surface area contributed by atoms with Gasteiger partial charge in [-0.1, -0.05) is 60.8 Å². The Kier molecular flexibility index (Phi) is 6.27. The van der Waals surface area contributed by atoms with Gasteiger partial charge in [-0.2, -0.15) is 0 Å². The van der Waals surface area contributed by atoms with Crippen LogP contribution in [0.5, 0.6) is 0 Å². The van der Waals surface area contributed by atoms with Crippen LogP contribution in [0.4, 0.5) is 0 Å². The second kappa shape index (κ2) is 8.02. The molecule has 0 radical (unpaired) electrons. The van der Waals surface area contributed by atoms with Crippen molar-refractivity contribution in [3.8, 4) is 0 Å². The Labute approximate surface area is 152 Å². The molecule has 0 fully saturated rings. The second-order valence-corrected chi connectivity index (χ2v) is 6.84. The fraction of sp³-hybridized carbons (Fsp3) is 0.316. The quantitative estimate of drug-likeness (QED) is 0.757. The van der Waals surface area contributed by atoms with Gasteiger partial charge in [-0.15, -0.1) is 0 Å². The summed E-state index contributed by atoms with van der Waals surface area (Å²) in [4.78, 5) is 11.8. The fourth-order valence-corrected chi connectivity index (χ4v) is 3.16. The summed E-state index contributed by atoms with van der Waals surface area (Å²) in [6.07, 6.45) is 1.64. The number of rotatable bonds is 7. The third-order valence-electron chi connectivity index (χ3n) is 4.22. The zero-order chi connectivity index (χ0) is 17.7. The number of primary amides is 1. The summed E-state index contributed by atoms with van der Waals surface area (Å²) in [6.45, 7) is 1.99. The molecule has 1 atom stereocenters. The normalized spacial score (nSPS) is 12.8. The molecule has 1 amide bonds. The highest BCUT2D eigenvalue weighted by Gasteiger charge is 2.36. The van der Waals surface area contributed by atoms with Crippen molar-refractivity contribution < 1.29 is 9.90 Å². The number of hydrogen-bond acceptors (Lipinski definition) is 2. The minimum absolute atomic E-state index is 0.208. The Morgan fingerprint density at radius 1 is 1.04 bits per heavy atom. The summed E-state index contributed by atoms with van der Waals surface area (Å²) in [5.41, 5.74) is 5.53. The Bertz CT molecular complexity index is 638. The molecule has 0 aliphatic rings. The first-order valence-electron chi connectivity index (χ1n) is 7.90. The van der Waals surface area contributed by atoms with Crippen LogP contribution in [0.1, 0.15) is 37.3 Å². The summed E-state index contributed by atoms with van der Waals surface area (Å²) in [7, 11) is 0. The molecule has 3 N–H and O–H groups in total. The van der Waals surface area contributed by atoms with E-state index in [0.717, 1.165) is 6.42 Å². The molecule has 0 aromatic heterocycles. The Morgan fingerprint density at radius 2 is 1.46 bits per heavy atom. The number of carbonyl (C=O) groups is 1. The predicted octanol–water partition coefficient (Wildman–Crippen LogP) is 4.52. The highest BCUT2D eigenvalue weighted by Crippen LogP contribution is 2.37. The van der Waals surface area contributed by atoms with Crippen molar-refractivity contribution in [1.82, 2.24) is 0 Å². The van der Waals surface area contributed by atoms with Crippen LogP contribution in [-0.2, 0) is 10.4 Å². The number of nitrogens with two attached hydrogens (primary N) is 1. The Morgan fingerprint density at radius 3 is 1.79 bits per heavy atom. The summed E-state index contributed by atoms with van der Waals surface area (Å²) in [6, 6.07) is 13.9. The molecule has 0 bridgehead atoms. The van der Waals surface area contributed by atoms with Crippen molar-refractivity contribution in [2.45, 2.75) is 31.8 Å². The molecule has 0 saturated carbocycles. The third-order valence-corrected chi connectivity index (χ3v) is 4.73. The van der Waals surface area contributed by atoms with Crippen molar-refractivity contribution in [2.24, 2.45) is 11.7 Å². The van der Waals surface area contributed by atoms with Crippen molar-refractivity contribution >= 4 is 29.1 Å². The maximum atomic E-state index is 11.8. The van der Waals surface area contributed by atoms with Gasteiger partial charge >= 0.3 is 0 Å². The molecule has 0 heterocycles. The zero-order valence-electron chi connectivity index (χ0n) is 13.5. The number of benzene rings is 2. The standard InChI is InChI=1S/C19H21Cl2NO2/c1-2-3-13(18(22)23)12-19(24,14-4-8-16(20)9-5-14)15-6-10-17(21)11-7-15/h4-11,13,24H,2-3,12H2,1H3,(H2,22,23). The molecule has 24 heavy (non-hydrogen) atoms. The van der Waals surface area contributed by atoms with Crippen LogP contribution in [0.2, 0.25) is 10.0 Å². The number of halogens is 2. The van der Waals surface area contributed by atoms with Gasteiger partial charge in [0.1, 0.15) is 5.60 Å². The second-order valence-electron chi connectivity index (χ2n) is 5.97. The topological polar surface area (TPSA) is 63.3 Å². The van der Waals surface area contributed by atoms with E-state index in [1.54, 1.807) is 48.5 Å². The minimum atomic E-state index is -1.34. The maximum absolute atomic E-state index is 11.8. The van der Waals surface area contributed by atoms with Gasteiger partial charge in [0.05, 0.1) is 0 Å². The van der Waals surface area contributed by atoms with Gasteiger partial charge in [0, 0.05) is 16.0 Å². The van der Waals surface area contributed by atoms with Crippen LogP contribution in [0.25, 0.3) is 0 Å². The highest BCUT2D eigenvalue weighted by molar-refractivity contribution is 6.30. The van der Waals surface area contributed by atoms with Crippen LogP contribution in [0, 0.1) is 5.92 Å². The van der Waals surface area contributed by atoms with E-state index in [1.807, 2.05) is 6.92 Å². The lowest BCUT2D eigenvalue weighted by Gasteiger charge is -2.32. The van der Waals surface area contributed by atoms with E-state index in [9.17, 15) is 9.90 Å². The van der Waals surface area contributed by atoms with Gasteiger partial charge < -0.3 is 10.8 Å². The molecule has 1 unspecified atom stereocenters. The van der Waals surface area contributed by atoms with Crippen molar-refractivity contribution in [1.29, 1.82) is 0 Å². The van der Waals surface area contributed by atoms with E-state index >= 15 is 0 Å². The van der Waals surface area contributed by atoms with E-state index in [1.165, 1.54) is 0 Å². The lowest BCUT2D eigenvalue weighted by atomic mass is 9.78. The Hall–Kier alpha value is -1.55. The van der Waals surface area contributed by atoms with Crippen molar-refractivity contribution in [3.63, 3.8) is 0 Å². The van der Waals surface area contributed by atoms with Crippen molar-refractivity contribution in [2.75, 3.05) is 0 Å². The van der Waals surface area contributed by atoms with Gasteiger partial charge in [0.15, 0.2) is 0 Å².